The molecule has 0 N–H and O–H groups in total. The van der Waals surface area contributed by atoms with Gasteiger partial charge in [-0.1, -0.05) is 12.1 Å². The van der Waals surface area contributed by atoms with E-state index in [0.717, 1.165) is 37.9 Å². The number of carbonyl (C=O) groups is 1. The number of carbonyl (C=O) groups excluding carboxylic acids is 1. The highest BCUT2D eigenvalue weighted by Crippen LogP contribution is 2.27. The number of aromatic nitrogens is 2. The maximum absolute atomic E-state index is 12.5. The number of thiophene rings is 1. The second-order valence-corrected chi connectivity index (χ2v) is 7.87. The van der Waals surface area contributed by atoms with Crippen molar-refractivity contribution in [3.8, 4) is 0 Å². The molecular formula is C20H23N3OS. The van der Waals surface area contributed by atoms with Gasteiger partial charge in [-0.3, -0.25) is 4.79 Å². The molecule has 5 heteroatoms. The highest BCUT2D eigenvalue weighted by molar-refractivity contribution is 7.09. The van der Waals surface area contributed by atoms with E-state index in [1.165, 1.54) is 16.0 Å². The van der Waals surface area contributed by atoms with Crippen LogP contribution in [0.2, 0.25) is 0 Å². The minimum Gasteiger partial charge on any atom is -0.343 e. The first kappa shape index (κ1) is 16.3. The summed E-state index contributed by atoms with van der Waals surface area (Å²) in [6.07, 6.45) is 5.46. The van der Waals surface area contributed by atoms with Gasteiger partial charge < -0.3 is 9.47 Å². The average molecular weight is 353 g/mol. The van der Waals surface area contributed by atoms with Crippen molar-refractivity contribution in [2.45, 2.75) is 38.6 Å². The molecule has 0 aliphatic carbocycles. The number of imidazole rings is 1. The second-order valence-electron chi connectivity index (χ2n) is 6.84. The van der Waals surface area contributed by atoms with E-state index >= 15 is 0 Å². The molecule has 3 aromatic rings. The predicted molar refractivity (Wildman–Crippen MR) is 102 cm³/mol. The lowest BCUT2D eigenvalue weighted by molar-refractivity contribution is -0.132. The summed E-state index contributed by atoms with van der Waals surface area (Å²) >= 11 is 1.73. The molecule has 1 amide bonds. The Morgan fingerprint density at radius 3 is 2.88 bits per heavy atom. The molecule has 1 aromatic carbocycles. The quantitative estimate of drug-likeness (QED) is 0.705. The fourth-order valence-electron chi connectivity index (χ4n) is 3.66. The van der Waals surface area contributed by atoms with Gasteiger partial charge in [0, 0.05) is 30.4 Å². The predicted octanol–water partition coefficient (Wildman–Crippen LogP) is 4.20. The van der Waals surface area contributed by atoms with Gasteiger partial charge in [-0.2, -0.15) is 0 Å². The number of fused-ring (bicyclic) bond motifs is 1. The van der Waals surface area contributed by atoms with Crippen LogP contribution >= 0.6 is 11.3 Å². The average Bonchev–Trinajstić information content (AvgIpc) is 3.29. The number of amides is 1. The third kappa shape index (κ3) is 3.47. The first-order valence-electron chi connectivity index (χ1n) is 8.94. The van der Waals surface area contributed by atoms with Crippen molar-refractivity contribution in [1.29, 1.82) is 0 Å². The minimum absolute atomic E-state index is 0.290. The highest BCUT2D eigenvalue weighted by Gasteiger charge is 2.24. The van der Waals surface area contributed by atoms with Gasteiger partial charge in [-0.25, -0.2) is 4.98 Å². The van der Waals surface area contributed by atoms with Gasteiger partial charge >= 0.3 is 0 Å². The van der Waals surface area contributed by atoms with E-state index in [-0.39, 0.29) is 5.91 Å². The van der Waals surface area contributed by atoms with Crippen LogP contribution in [0.4, 0.5) is 0 Å². The zero-order valence-corrected chi connectivity index (χ0v) is 15.3. The summed E-state index contributed by atoms with van der Waals surface area (Å²) in [5.74, 6) is 0.290. The van der Waals surface area contributed by atoms with E-state index in [1.54, 1.807) is 11.3 Å². The number of nitrogens with zero attached hydrogens (tertiary/aromatic N) is 3. The number of aryl methyl sites for hydroxylation is 2. The highest BCUT2D eigenvalue weighted by atomic mass is 32.1. The molecule has 25 heavy (non-hydrogen) atoms. The molecule has 1 aliphatic rings. The number of benzene rings is 1. The van der Waals surface area contributed by atoms with E-state index in [4.69, 9.17) is 0 Å². The smallest absolute Gasteiger partial charge is 0.222 e. The van der Waals surface area contributed by atoms with Crippen molar-refractivity contribution in [3.63, 3.8) is 0 Å². The second kappa shape index (κ2) is 7.00. The number of rotatable bonds is 4. The number of hydrogen-bond acceptors (Lipinski definition) is 3. The summed E-state index contributed by atoms with van der Waals surface area (Å²) in [7, 11) is 0. The molecule has 1 saturated heterocycles. The molecule has 4 rings (SSSR count). The monoisotopic (exact) mass is 353 g/mol. The summed E-state index contributed by atoms with van der Waals surface area (Å²) in [4.78, 5) is 20.3. The van der Waals surface area contributed by atoms with Gasteiger partial charge in [-0.05, 0) is 55.3 Å². The largest absolute Gasteiger partial charge is 0.343 e. The fourth-order valence-corrected chi connectivity index (χ4v) is 4.37. The maximum atomic E-state index is 12.5. The van der Waals surface area contributed by atoms with Crippen LogP contribution in [0.1, 0.15) is 35.7 Å². The van der Waals surface area contributed by atoms with Crippen LogP contribution in [0, 0.1) is 6.92 Å². The van der Waals surface area contributed by atoms with Crippen molar-refractivity contribution < 1.29 is 4.79 Å². The van der Waals surface area contributed by atoms with Crippen molar-refractivity contribution in [3.05, 3.63) is 52.5 Å². The molecule has 0 unspecified atom stereocenters. The Kier molecular flexibility index (Phi) is 4.57. The zero-order valence-electron chi connectivity index (χ0n) is 14.5. The number of likely N-dealkylation sites (tertiary alicyclic amines) is 1. The van der Waals surface area contributed by atoms with Crippen LogP contribution in [0.3, 0.4) is 0 Å². The first-order chi connectivity index (χ1) is 12.2. The molecule has 3 heterocycles. The lowest BCUT2D eigenvalue weighted by Crippen LogP contribution is -2.39. The number of piperidine rings is 1. The third-order valence-corrected chi connectivity index (χ3v) is 6.04. The maximum Gasteiger partial charge on any atom is 0.222 e. The summed E-state index contributed by atoms with van der Waals surface area (Å²) in [6.45, 7) is 3.81. The Labute approximate surface area is 152 Å². The Hall–Kier alpha value is -2.14. The Balaban J connectivity index is 1.37. The summed E-state index contributed by atoms with van der Waals surface area (Å²) in [5, 5.41) is 2.07. The summed E-state index contributed by atoms with van der Waals surface area (Å²) in [5.41, 5.74) is 3.53. The third-order valence-electron chi connectivity index (χ3n) is 5.11. The van der Waals surface area contributed by atoms with Crippen molar-refractivity contribution >= 4 is 28.3 Å². The summed E-state index contributed by atoms with van der Waals surface area (Å²) < 4.78 is 2.30. The van der Waals surface area contributed by atoms with Gasteiger partial charge in [0.25, 0.3) is 0 Å². The normalized spacial score (nSPS) is 15.8. The van der Waals surface area contributed by atoms with E-state index in [9.17, 15) is 4.79 Å². The van der Waals surface area contributed by atoms with Gasteiger partial charge in [0.15, 0.2) is 0 Å². The van der Waals surface area contributed by atoms with Crippen LogP contribution in [-0.2, 0) is 11.2 Å². The molecule has 130 valence electrons. The van der Waals surface area contributed by atoms with Crippen molar-refractivity contribution in [2.75, 3.05) is 13.1 Å². The molecule has 0 atom stereocenters. The van der Waals surface area contributed by atoms with E-state index < -0.39 is 0 Å². The molecule has 1 aliphatic heterocycles. The first-order valence-corrected chi connectivity index (χ1v) is 9.82. The lowest BCUT2D eigenvalue weighted by Gasteiger charge is -2.33. The van der Waals surface area contributed by atoms with Crippen molar-refractivity contribution in [1.82, 2.24) is 14.5 Å². The van der Waals surface area contributed by atoms with Crippen LogP contribution in [0.15, 0.2) is 42.0 Å². The van der Waals surface area contributed by atoms with E-state index in [0.29, 0.717) is 12.5 Å². The van der Waals surface area contributed by atoms with Gasteiger partial charge in [-0.15, -0.1) is 11.3 Å². The standard InChI is InChI=1S/C20H23N3OS/c1-15-4-6-18-19(13-15)23(14-21-18)16-8-10-22(11-9-16)20(24)7-5-17-3-2-12-25-17/h2-4,6,12-14,16H,5,7-11H2,1H3. The lowest BCUT2D eigenvalue weighted by atomic mass is 10.0. The molecule has 4 nitrogen and oxygen atoms in total. The Morgan fingerprint density at radius 1 is 1.28 bits per heavy atom. The number of hydrogen-bond donors (Lipinski definition) is 0. The van der Waals surface area contributed by atoms with E-state index in [2.05, 4.69) is 46.1 Å². The van der Waals surface area contributed by atoms with Crippen molar-refractivity contribution in [2.24, 2.45) is 0 Å². The topological polar surface area (TPSA) is 38.1 Å². The fraction of sp³-hybridized carbons (Fsp3) is 0.400. The zero-order chi connectivity index (χ0) is 17.2. The molecule has 0 saturated carbocycles. The SMILES string of the molecule is Cc1ccc2ncn(C3CCN(C(=O)CCc4cccs4)CC3)c2c1. The van der Waals surface area contributed by atoms with Gasteiger partial charge in [0.05, 0.1) is 17.4 Å². The minimum atomic E-state index is 0.290. The van der Waals surface area contributed by atoms with Crippen LogP contribution in [0.25, 0.3) is 11.0 Å². The van der Waals surface area contributed by atoms with Gasteiger partial charge in [0.2, 0.25) is 5.91 Å². The molecule has 0 spiro atoms. The summed E-state index contributed by atoms with van der Waals surface area (Å²) in [6, 6.07) is 11.0. The van der Waals surface area contributed by atoms with Gasteiger partial charge in [0.1, 0.15) is 0 Å². The Bertz CT molecular complexity index is 860. The molecule has 1 fully saturated rings. The molecule has 0 radical (unpaired) electrons. The Morgan fingerprint density at radius 2 is 2.12 bits per heavy atom. The van der Waals surface area contributed by atoms with E-state index in [1.807, 2.05) is 17.3 Å². The molecular weight excluding hydrogens is 330 g/mol. The van der Waals surface area contributed by atoms with Crippen LogP contribution in [-0.4, -0.2) is 33.4 Å². The van der Waals surface area contributed by atoms with Crippen LogP contribution < -0.4 is 0 Å². The van der Waals surface area contributed by atoms with Crippen LogP contribution in [0.5, 0.6) is 0 Å². The molecule has 0 bridgehead atoms. The molecule has 2 aromatic heterocycles.